The summed E-state index contributed by atoms with van der Waals surface area (Å²) in [5.74, 6) is 1.96. The largest absolute Gasteiger partial charge is 0.334 e. The molecule has 1 aliphatic carbocycles. The fourth-order valence-electron chi connectivity index (χ4n) is 5.58. The molecule has 0 radical (unpaired) electrons. The minimum Gasteiger partial charge on any atom is -0.334 e. The number of ketones is 1. The van der Waals surface area contributed by atoms with E-state index in [1.54, 1.807) is 13.2 Å². The zero-order valence-electron chi connectivity index (χ0n) is 21.3. The Bertz CT molecular complexity index is 992. The lowest BCUT2D eigenvalue weighted by atomic mass is 9.76. The first kappa shape index (κ1) is 25.3. The molecule has 3 atom stereocenters. The number of likely N-dealkylation sites (tertiary alicyclic amines) is 1. The Hall–Kier alpha value is -2.80. The van der Waals surface area contributed by atoms with Gasteiger partial charge in [0.25, 0.3) is 0 Å². The average molecular weight is 478 g/mol. The Morgan fingerprint density at radius 2 is 1.83 bits per heavy atom. The molecule has 7 heteroatoms. The molecule has 1 aliphatic heterocycles. The number of likely N-dealkylation sites (N-methyl/N-ethyl adjacent to an activating group) is 1. The summed E-state index contributed by atoms with van der Waals surface area (Å²) in [7, 11) is 3.76. The first-order valence-corrected chi connectivity index (χ1v) is 13.1. The van der Waals surface area contributed by atoms with E-state index in [0.29, 0.717) is 12.3 Å². The summed E-state index contributed by atoms with van der Waals surface area (Å²) in [4.78, 5) is 40.3. The second-order valence-corrected chi connectivity index (χ2v) is 10.0. The van der Waals surface area contributed by atoms with Gasteiger partial charge in [-0.2, -0.15) is 0 Å². The topological polar surface area (TPSA) is 78.4 Å². The van der Waals surface area contributed by atoms with Crippen molar-refractivity contribution in [1.29, 1.82) is 0 Å². The van der Waals surface area contributed by atoms with E-state index >= 15 is 0 Å². The Morgan fingerprint density at radius 3 is 2.54 bits per heavy atom. The predicted molar refractivity (Wildman–Crippen MR) is 138 cm³/mol. The zero-order valence-corrected chi connectivity index (χ0v) is 21.3. The van der Waals surface area contributed by atoms with Crippen molar-refractivity contribution in [2.75, 3.05) is 25.5 Å². The second kappa shape index (κ2) is 11.8. The van der Waals surface area contributed by atoms with Crippen LogP contribution in [0.25, 0.3) is 0 Å². The number of anilines is 2. The lowest BCUT2D eigenvalue weighted by Crippen LogP contribution is -2.42. The number of pyridine rings is 2. The fraction of sp³-hybridized carbons (Fsp3) is 0.571. The highest BCUT2D eigenvalue weighted by Crippen LogP contribution is 2.38. The van der Waals surface area contributed by atoms with Gasteiger partial charge in [0.1, 0.15) is 17.4 Å². The SMILES string of the molecule is CN[C@@H](C)C(=O)C[C@H](C(=O)N1CCC[C@H]1c1cccc(N(C)c2ccccn2)n1)C1CCCCC1. The van der Waals surface area contributed by atoms with Crippen LogP contribution >= 0.6 is 0 Å². The van der Waals surface area contributed by atoms with E-state index in [9.17, 15) is 9.59 Å². The number of hydrogen-bond donors (Lipinski definition) is 1. The number of hydrogen-bond acceptors (Lipinski definition) is 6. The number of carbonyl (C=O) groups is 2. The molecule has 0 spiro atoms. The van der Waals surface area contributed by atoms with Crippen molar-refractivity contribution in [2.45, 2.75) is 70.4 Å². The molecule has 2 fully saturated rings. The fourth-order valence-corrected chi connectivity index (χ4v) is 5.58. The first-order chi connectivity index (χ1) is 17.0. The van der Waals surface area contributed by atoms with Crippen LogP contribution in [0.15, 0.2) is 42.6 Å². The van der Waals surface area contributed by atoms with Crippen LogP contribution in [0.4, 0.5) is 11.6 Å². The molecule has 3 heterocycles. The van der Waals surface area contributed by atoms with E-state index in [1.165, 1.54) is 6.42 Å². The number of rotatable bonds is 9. The molecular formula is C28H39N5O2. The molecule has 1 saturated heterocycles. The number of aromatic nitrogens is 2. The molecule has 1 amide bonds. The minimum absolute atomic E-state index is 0.0532. The highest BCUT2D eigenvalue weighted by molar-refractivity contribution is 5.90. The van der Waals surface area contributed by atoms with Crippen molar-refractivity contribution < 1.29 is 9.59 Å². The molecule has 0 bridgehead atoms. The van der Waals surface area contributed by atoms with Crippen molar-refractivity contribution in [1.82, 2.24) is 20.2 Å². The lowest BCUT2D eigenvalue weighted by Gasteiger charge is -2.34. The summed E-state index contributed by atoms with van der Waals surface area (Å²) in [6, 6.07) is 11.5. The van der Waals surface area contributed by atoms with Gasteiger partial charge >= 0.3 is 0 Å². The van der Waals surface area contributed by atoms with Gasteiger partial charge in [0.05, 0.1) is 17.8 Å². The quantitative estimate of drug-likeness (QED) is 0.565. The molecule has 1 saturated carbocycles. The molecular weight excluding hydrogens is 438 g/mol. The van der Waals surface area contributed by atoms with Crippen LogP contribution in [0.3, 0.4) is 0 Å². The third-order valence-corrected chi connectivity index (χ3v) is 7.84. The van der Waals surface area contributed by atoms with Gasteiger partial charge in [-0.15, -0.1) is 0 Å². The van der Waals surface area contributed by atoms with Gasteiger partial charge in [-0.1, -0.05) is 31.4 Å². The Morgan fingerprint density at radius 1 is 1.06 bits per heavy atom. The van der Waals surface area contributed by atoms with E-state index in [1.807, 2.05) is 60.2 Å². The van der Waals surface area contributed by atoms with E-state index in [-0.39, 0.29) is 29.7 Å². The number of nitrogens with zero attached hydrogens (tertiary/aromatic N) is 4. The van der Waals surface area contributed by atoms with Crippen molar-refractivity contribution in [3.63, 3.8) is 0 Å². The summed E-state index contributed by atoms with van der Waals surface area (Å²) < 4.78 is 0. The van der Waals surface area contributed by atoms with Gasteiger partial charge in [-0.25, -0.2) is 9.97 Å². The molecule has 35 heavy (non-hydrogen) atoms. The van der Waals surface area contributed by atoms with Crippen LogP contribution in [-0.4, -0.2) is 53.2 Å². The van der Waals surface area contributed by atoms with Crippen LogP contribution in [0.5, 0.6) is 0 Å². The summed E-state index contributed by atoms with van der Waals surface area (Å²) in [5.41, 5.74) is 0.911. The first-order valence-electron chi connectivity index (χ1n) is 13.1. The monoisotopic (exact) mass is 477 g/mol. The zero-order chi connectivity index (χ0) is 24.8. The number of amides is 1. The molecule has 2 aliphatic rings. The maximum Gasteiger partial charge on any atom is 0.226 e. The van der Waals surface area contributed by atoms with Gasteiger partial charge in [0.2, 0.25) is 5.91 Å². The Balaban J connectivity index is 1.56. The normalized spacial score (nSPS) is 20.4. The summed E-state index contributed by atoms with van der Waals surface area (Å²) >= 11 is 0. The van der Waals surface area contributed by atoms with Crippen LogP contribution < -0.4 is 10.2 Å². The lowest BCUT2D eigenvalue weighted by molar-refractivity contribution is -0.141. The number of carbonyl (C=O) groups excluding carboxylic acids is 2. The Kier molecular flexibility index (Phi) is 8.50. The maximum absolute atomic E-state index is 14.0. The molecule has 2 aromatic rings. The number of Topliss-reactive ketones (excluding diaryl/α,β-unsaturated/α-hetero) is 1. The molecule has 7 nitrogen and oxygen atoms in total. The highest BCUT2D eigenvalue weighted by Gasteiger charge is 2.39. The van der Waals surface area contributed by atoms with Crippen LogP contribution in [0.1, 0.15) is 70.0 Å². The summed E-state index contributed by atoms with van der Waals surface area (Å²) in [6.07, 6.45) is 9.56. The van der Waals surface area contributed by atoms with Crippen molar-refractivity contribution >= 4 is 23.3 Å². The van der Waals surface area contributed by atoms with Crippen LogP contribution in [0.2, 0.25) is 0 Å². The maximum atomic E-state index is 14.0. The van der Waals surface area contributed by atoms with Crippen molar-refractivity contribution in [2.24, 2.45) is 11.8 Å². The van der Waals surface area contributed by atoms with Crippen molar-refractivity contribution in [3.8, 4) is 0 Å². The smallest absolute Gasteiger partial charge is 0.226 e. The minimum atomic E-state index is -0.237. The Labute approximate surface area is 209 Å². The van der Waals surface area contributed by atoms with E-state index < -0.39 is 0 Å². The molecule has 188 valence electrons. The molecule has 4 rings (SSSR count). The van der Waals surface area contributed by atoms with Gasteiger partial charge in [-0.05, 0) is 69.8 Å². The van der Waals surface area contributed by atoms with Gasteiger partial charge in [0.15, 0.2) is 0 Å². The average Bonchev–Trinajstić information content (AvgIpc) is 3.41. The van der Waals surface area contributed by atoms with Crippen LogP contribution in [-0.2, 0) is 9.59 Å². The molecule has 2 aromatic heterocycles. The molecule has 0 unspecified atom stereocenters. The van der Waals surface area contributed by atoms with E-state index in [0.717, 1.165) is 62.4 Å². The highest BCUT2D eigenvalue weighted by atomic mass is 16.2. The van der Waals surface area contributed by atoms with Gasteiger partial charge in [-0.3, -0.25) is 9.59 Å². The van der Waals surface area contributed by atoms with E-state index in [4.69, 9.17) is 4.98 Å². The second-order valence-electron chi connectivity index (χ2n) is 10.0. The third kappa shape index (κ3) is 5.89. The van der Waals surface area contributed by atoms with Crippen LogP contribution in [0, 0.1) is 11.8 Å². The van der Waals surface area contributed by atoms with Crippen molar-refractivity contribution in [3.05, 3.63) is 48.3 Å². The van der Waals surface area contributed by atoms with Gasteiger partial charge < -0.3 is 15.1 Å². The summed E-state index contributed by atoms with van der Waals surface area (Å²) in [5, 5.41) is 3.05. The molecule has 1 N–H and O–H groups in total. The summed E-state index contributed by atoms with van der Waals surface area (Å²) in [6.45, 7) is 2.61. The third-order valence-electron chi connectivity index (χ3n) is 7.84. The molecule has 0 aromatic carbocycles. The predicted octanol–water partition coefficient (Wildman–Crippen LogP) is 4.67. The van der Waals surface area contributed by atoms with E-state index in [2.05, 4.69) is 10.3 Å². The number of nitrogens with one attached hydrogen (secondary N) is 1. The standard InChI is InChI=1S/C28H39N5O2/c1-20(29-2)25(34)19-22(21-11-5-4-6-12-21)28(35)33-18-10-14-24(33)23-13-9-16-27(31-23)32(3)26-15-7-8-17-30-26/h7-9,13,15-17,20-22,24,29H,4-6,10-12,14,18-19H2,1-3H3/t20-,22-,24-/m0/s1. The van der Waals surface area contributed by atoms with Gasteiger partial charge in [0, 0.05) is 32.1 Å².